The van der Waals surface area contributed by atoms with Crippen LogP contribution in [0.25, 0.3) is 0 Å². The Hall–Kier alpha value is -3.55. The minimum Gasteiger partial charge on any atom is -0.465 e. The van der Waals surface area contributed by atoms with Gasteiger partial charge in [0.1, 0.15) is 16.8 Å². The van der Waals surface area contributed by atoms with Crippen LogP contribution in [-0.4, -0.2) is 72.0 Å². The molecule has 0 aliphatic carbocycles. The summed E-state index contributed by atoms with van der Waals surface area (Å²) < 4.78 is 106. The molecular formula is C22H20F6N4O5S. The third-order valence-corrected chi connectivity index (χ3v) is 7.55. The highest BCUT2D eigenvalue weighted by atomic mass is 32.2. The van der Waals surface area contributed by atoms with Crippen molar-refractivity contribution in [1.29, 1.82) is 0 Å². The summed E-state index contributed by atoms with van der Waals surface area (Å²) in [6, 6.07) is 4.43. The molecule has 1 fully saturated rings. The maximum atomic E-state index is 13.2. The summed E-state index contributed by atoms with van der Waals surface area (Å²) in [6.45, 7) is 1.14. The van der Waals surface area contributed by atoms with E-state index in [4.69, 9.17) is 5.11 Å². The molecule has 1 aliphatic rings. The zero-order valence-corrected chi connectivity index (χ0v) is 20.2. The van der Waals surface area contributed by atoms with Gasteiger partial charge in [0.15, 0.2) is 0 Å². The molecule has 1 aliphatic heterocycles. The van der Waals surface area contributed by atoms with E-state index < -0.39 is 45.7 Å². The van der Waals surface area contributed by atoms with E-state index in [-0.39, 0.29) is 36.0 Å². The quantitative estimate of drug-likeness (QED) is 0.375. The second kappa shape index (κ2) is 10.3. The zero-order chi connectivity index (χ0) is 28.5. The summed E-state index contributed by atoms with van der Waals surface area (Å²) in [5.41, 5.74) is -6.33. The third kappa shape index (κ3) is 5.49. The third-order valence-electron chi connectivity index (χ3n) is 5.70. The van der Waals surface area contributed by atoms with Crippen molar-refractivity contribution in [2.24, 2.45) is 0 Å². The van der Waals surface area contributed by atoms with Gasteiger partial charge in [0, 0.05) is 37.1 Å². The van der Waals surface area contributed by atoms with Gasteiger partial charge in [-0.1, -0.05) is 18.1 Å². The summed E-state index contributed by atoms with van der Waals surface area (Å²) in [5.74, 6) is 5.31. The number of pyridine rings is 1. The van der Waals surface area contributed by atoms with Gasteiger partial charge in [-0.3, -0.25) is 5.32 Å². The highest BCUT2D eigenvalue weighted by Gasteiger charge is 2.71. The number of aromatic nitrogens is 1. The molecule has 3 rings (SSSR count). The first-order valence-corrected chi connectivity index (χ1v) is 12.1. The van der Waals surface area contributed by atoms with E-state index in [1.807, 2.05) is 5.32 Å². The normalized spacial score (nSPS) is 17.5. The number of nitrogens with zero attached hydrogens (tertiary/aromatic N) is 3. The summed E-state index contributed by atoms with van der Waals surface area (Å²) in [7, 11) is -4.10. The molecule has 1 atom stereocenters. The van der Waals surface area contributed by atoms with Crippen molar-refractivity contribution in [3.8, 4) is 11.8 Å². The Morgan fingerprint density at radius 3 is 2.13 bits per heavy atom. The molecule has 206 valence electrons. The lowest BCUT2D eigenvalue weighted by atomic mass is 9.92. The lowest BCUT2D eigenvalue weighted by Gasteiger charge is -2.40. The molecule has 1 aromatic heterocycles. The number of amides is 1. The topological polar surface area (TPSA) is 123 Å². The van der Waals surface area contributed by atoms with E-state index in [1.54, 1.807) is 0 Å². The van der Waals surface area contributed by atoms with Gasteiger partial charge in [0.2, 0.25) is 10.0 Å². The van der Waals surface area contributed by atoms with Crippen LogP contribution >= 0.6 is 0 Å². The predicted octanol–water partition coefficient (Wildman–Crippen LogP) is 3.39. The number of halogens is 6. The molecule has 0 radical (unpaired) electrons. The average Bonchev–Trinajstić information content (AvgIpc) is 2.82. The van der Waals surface area contributed by atoms with E-state index in [0.29, 0.717) is 12.1 Å². The summed E-state index contributed by atoms with van der Waals surface area (Å²) >= 11 is 0. The van der Waals surface area contributed by atoms with Gasteiger partial charge in [-0.05, 0) is 31.2 Å². The molecule has 16 heteroatoms. The largest absolute Gasteiger partial charge is 0.465 e. The van der Waals surface area contributed by atoms with Crippen LogP contribution in [0.2, 0.25) is 0 Å². The lowest BCUT2D eigenvalue weighted by molar-refractivity contribution is -0.376. The van der Waals surface area contributed by atoms with E-state index in [1.165, 1.54) is 11.8 Å². The standard InChI is InChI=1S/C22H20F6N4O5S/c1-2-3-16-13-31(38(36,37)17-8-9-18(29-12-17)30-19(33)34)10-11-32(16)15-6-4-14(5-7-15)20(35,21(23,24)25)22(26,27)28/h4-9,12,16,35H,10-11,13H2,1H3,(H,29,30)(H,33,34)/t16-/m0/s1. The van der Waals surface area contributed by atoms with E-state index in [2.05, 4.69) is 16.8 Å². The highest BCUT2D eigenvalue weighted by Crippen LogP contribution is 2.50. The first-order valence-electron chi connectivity index (χ1n) is 10.6. The molecular weight excluding hydrogens is 546 g/mol. The molecule has 38 heavy (non-hydrogen) atoms. The van der Waals surface area contributed by atoms with Crippen molar-refractivity contribution >= 4 is 27.6 Å². The number of carbonyl (C=O) groups is 1. The number of alkyl halides is 6. The second-order valence-corrected chi connectivity index (χ2v) is 9.97. The monoisotopic (exact) mass is 566 g/mol. The molecule has 1 aromatic carbocycles. The van der Waals surface area contributed by atoms with Gasteiger partial charge in [-0.25, -0.2) is 18.2 Å². The first kappa shape index (κ1) is 29.0. The van der Waals surface area contributed by atoms with Crippen molar-refractivity contribution in [2.45, 2.75) is 35.8 Å². The Kier molecular flexibility index (Phi) is 7.87. The minimum atomic E-state index is -6.03. The number of benzene rings is 1. The maximum absolute atomic E-state index is 13.2. The Bertz CT molecular complexity index is 1320. The number of nitrogens with one attached hydrogen (secondary N) is 1. The Labute approximate surface area is 212 Å². The van der Waals surface area contributed by atoms with Gasteiger partial charge < -0.3 is 15.1 Å². The van der Waals surface area contributed by atoms with Crippen LogP contribution in [-0.2, 0) is 15.6 Å². The fourth-order valence-corrected chi connectivity index (χ4v) is 5.21. The number of aliphatic hydroxyl groups is 1. The Balaban J connectivity index is 1.86. The van der Waals surface area contributed by atoms with Crippen molar-refractivity contribution in [3.63, 3.8) is 0 Å². The summed E-state index contributed by atoms with van der Waals surface area (Å²) in [5, 5.41) is 20.3. The molecule has 0 saturated carbocycles. The number of sulfonamides is 1. The van der Waals surface area contributed by atoms with Gasteiger partial charge in [0.05, 0.1) is 0 Å². The maximum Gasteiger partial charge on any atom is 0.430 e. The summed E-state index contributed by atoms with van der Waals surface area (Å²) in [6.07, 6.45) is -12.5. The highest BCUT2D eigenvalue weighted by molar-refractivity contribution is 7.89. The first-order chi connectivity index (χ1) is 17.5. The molecule has 0 unspecified atom stereocenters. The van der Waals surface area contributed by atoms with Crippen LogP contribution < -0.4 is 10.2 Å². The predicted molar refractivity (Wildman–Crippen MR) is 122 cm³/mol. The van der Waals surface area contributed by atoms with Crippen LogP contribution in [0.4, 0.5) is 42.6 Å². The molecule has 0 bridgehead atoms. The molecule has 3 N–H and O–H groups in total. The van der Waals surface area contributed by atoms with Crippen molar-refractivity contribution in [3.05, 3.63) is 48.2 Å². The van der Waals surface area contributed by atoms with Gasteiger partial charge in [0.25, 0.3) is 5.60 Å². The fraction of sp³-hybridized carbons (Fsp3) is 0.364. The number of hydrogen-bond donors (Lipinski definition) is 3. The lowest BCUT2D eigenvalue weighted by Crippen LogP contribution is -2.55. The second-order valence-electron chi connectivity index (χ2n) is 8.03. The number of rotatable bonds is 5. The van der Waals surface area contributed by atoms with Crippen LogP contribution in [0.5, 0.6) is 0 Å². The van der Waals surface area contributed by atoms with E-state index in [9.17, 15) is 44.7 Å². The van der Waals surface area contributed by atoms with Crippen LogP contribution in [0, 0.1) is 11.8 Å². The SMILES string of the molecule is CC#C[C@H]1CN(S(=O)(=O)c2ccc(NC(=O)O)nc2)CCN1c1ccc(C(O)(C(F)(F)F)C(F)(F)F)cc1. The molecule has 1 saturated heterocycles. The minimum absolute atomic E-state index is 0.0210. The van der Waals surface area contributed by atoms with Crippen molar-refractivity contribution < 1.29 is 49.8 Å². The number of carboxylic acid groups (broad SMARTS) is 1. The van der Waals surface area contributed by atoms with Crippen LogP contribution in [0.3, 0.4) is 0 Å². The van der Waals surface area contributed by atoms with Gasteiger partial charge in [-0.2, -0.15) is 30.6 Å². The fourth-order valence-electron chi connectivity index (χ4n) is 3.82. The molecule has 2 heterocycles. The molecule has 1 amide bonds. The average molecular weight is 566 g/mol. The molecule has 2 aromatic rings. The smallest absolute Gasteiger partial charge is 0.430 e. The number of hydrogen-bond acceptors (Lipinski definition) is 6. The van der Waals surface area contributed by atoms with Gasteiger partial charge >= 0.3 is 18.4 Å². The Morgan fingerprint density at radius 2 is 1.66 bits per heavy atom. The van der Waals surface area contributed by atoms with E-state index in [0.717, 1.165) is 34.8 Å². The van der Waals surface area contributed by atoms with Crippen molar-refractivity contribution in [1.82, 2.24) is 9.29 Å². The van der Waals surface area contributed by atoms with Crippen LogP contribution in [0.15, 0.2) is 47.5 Å². The van der Waals surface area contributed by atoms with Crippen molar-refractivity contribution in [2.75, 3.05) is 29.9 Å². The molecule has 9 nitrogen and oxygen atoms in total. The zero-order valence-electron chi connectivity index (χ0n) is 19.4. The summed E-state index contributed by atoms with van der Waals surface area (Å²) in [4.78, 5) is 15.7. The Morgan fingerprint density at radius 1 is 1.05 bits per heavy atom. The number of piperazine rings is 1. The molecule has 0 spiro atoms. The van der Waals surface area contributed by atoms with Gasteiger partial charge in [-0.15, -0.1) is 5.92 Å². The van der Waals surface area contributed by atoms with Crippen LogP contribution in [0.1, 0.15) is 12.5 Å². The number of anilines is 2. The van der Waals surface area contributed by atoms with E-state index >= 15 is 0 Å².